The van der Waals surface area contributed by atoms with E-state index in [9.17, 15) is 0 Å². The van der Waals surface area contributed by atoms with Gasteiger partial charge in [-0.05, 0) is 36.8 Å². The summed E-state index contributed by atoms with van der Waals surface area (Å²) in [6, 6.07) is 10.9. The van der Waals surface area contributed by atoms with Crippen molar-refractivity contribution in [2.45, 2.75) is 52.0 Å². The molecule has 3 unspecified atom stereocenters. The van der Waals surface area contributed by atoms with Gasteiger partial charge in [-0.25, -0.2) is 0 Å². The molecule has 0 saturated heterocycles. The van der Waals surface area contributed by atoms with Crippen molar-refractivity contribution in [2.24, 2.45) is 11.8 Å². The first-order chi connectivity index (χ1) is 10.2. The highest BCUT2D eigenvalue weighted by atomic mass is 16.5. The van der Waals surface area contributed by atoms with Gasteiger partial charge in [-0.1, -0.05) is 32.8 Å². The highest BCUT2D eigenvalue weighted by molar-refractivity contribution is 5.49. The van der Waals surface area contributed by atoms with Crippen LogP contribution in [0.25, 0.3) is 0 Å². The second-order valence-electron chi connectivity index (χ2n) is 6.16. The first-order valence-electron chi connectivity index (χ1n) is 8.07. The smallest absolute Gasteiger partial charge is 0.121 e. The van der Waals surface area contributed by atoms with E-state index in [4.69, 9.17) is 10.00 Å². The molecule has 114 valence electrons. The van der Waals surface area contributed by atoms with Crippen LogP contribution in [0.3, 0.4) is 0 Å². The molecule has 0 aliphatic heterocycles. The molecule has 1 saturated carbocycles. The number of nitrogens with one attached hydrogen (secondary N) is 1. The summed E-state index contributed by atoms with van der Waals surface area (Å²) in [5, 5.41) is 12.2. The Labute approximate surface area is 128 Å². The molecular formula is C18H26N2O. The van der Waals surface area contributed by atoms with E-state index in [1.807, 2.05) is 12.1 Å². The largest absolute Gasteiger partial charge is 0.493 e. The van der Waals surface area contributed by atoms with Crippen molar-refractivity contribution >= 4 is 5.69 Å². The number of nitrogens with zero attached hydrogens (tertiary/aromatic N) is 1. The fourth-order valence-corrected chi connectivity index (χ4v) is 3.02. The minimum absolute atomic E-state index is 0.551. The molecule has 3 atom stereocenters. The molecule has 1 aromatic rings. The molecule has 0 heterocycles. The summed E-state index contributed by atoms with van der Waals surface area (Å²) in [6.45, 7) is 5.31. The summed E-state index contributed by atoms with van der Waals surface area (Å²) < 4.78 is 5.69. The monoisotopic (exact) mass is 286 g/mol. The molecule has 0 aromatic heterocycles. The van der Waals surface area contributed by atoms with E-state index in [1.165, 1.54) is 19.3 Å². The van der Waals surface area contributed by atoms with Crippen molar-refractivity contribution < 1.29 is 4.74 Å². The highest BCUT2D eigenvalue weighted by Gasteiger charge is 2.26. The lowest BCUT2D eigenvalue weighted by Gasteiger charge is -2.35. The zero-order chi connectivity index (χ0) is 15.1. The molecule has 0 radical (unpaired) electrons. The normalized spacial score (nSPS) is 25.1. The standard InChI is InChI=1S/C18H26N2O/c1-14-7-5-10-18(15(14)2)20-16-8-6-9-17(13-16)21-12-4-3-11-19/h6,8-9,13-15,18,20H,3-5,7,10,12H2,1-2H3. The van der Waals surface area contributed by atoms with Gasteiger partial charge in [0.1, 0.15) is 5.75 Å². The van der Waals surface area contributed by atoms with Crippen LogP contribution in [0, 0.1) is 23.2 Å². The van der Waals surface area contributed by atoms with Crippen LogP contribution in [0.5, 0.6) is 5.75 Å². The predicted octanol–water partition coefficient (Wildman–Crippen LogP) is 4.61. The van der Waals surface area contributed by atoms with E-state index < -0.39 is 0 Å². The Morgan fingerprint density at radius 1 is 1.33 bits per heavy atom. The zero-order valence-electron chi connectivity index (χ0n) is 13.1. The van der Waals surface area contributed by atoms with Gasteiger partial charge in [-0.3, -0.25) is 0 Å². The van der Waals surface area contributed by atoms with Gasteiger partial charge in [-0.2, -0.15) is 5.26 Å². The molecule has 1 fully saturated rings. The van der Waals surface area contributed by atoms with E-state index in [1.54, 1.807) is 0 Å². The highest BCUT2D eigenvalue weighted by Crippen LogP contribution is 2.32. The van der Waals surface area contributed by atoms with Gasteiger partial charge in [0.25, 0.3) is 0 Å². The Kier molecular flexibility index (Phi) is 5.92. The molecule has 0 spiro atoms. The maximum absolute atomic E-state index is 8.52. The third kappa shape index (κ3) is 4.67. The van der Waals surface area contributed by atoms with E-state index in [0.29, 0.717) is 25.0 Å². The minimum atomic E-state index is 0.551. The topological polar surface area (TPSA) is 45.0 Å². The Morgan fingerprint density at radius 3 is 3.00 bits per heavy atom. The summed E-state index contributed by atoms with van der Waals surface area (Å²) in [5.41, 5.74) is 1.14. The van der Waals surface area contributed by atoms with Crippen LogP contribution in [0.2, 0.25) is 0 Å². The molecule has 2 rings (SSSR count). The molecule has 3 nitrogen and oxygen atoms in total. The fourth-order valence-electron chi connectivity index (χ4n) is 3.02. The van der Waals surface area contributed by atoms with Gasteiger partial charge in [0.2, 0.25) is 0 Å². The molecule has 0 amide bonds. The van der Waals surface area contributed by atoms with Crippen LogP contribution >= 0.6 is 0 Å². The molecule has 1 aromatic carbocycles. The average molecular weight is 286 g/mol. The third-order valence-electron chi connectivity index (χ3n) is 4.59. The Balaban J connectivity index is 1.90. The fraction of sp³-hybridized carbons (Fsp3) is 0.611. The van der Waals surface area contributed by atoms with Crippen LogP contribution in [0.15, 0.2) is 24.3 Å². The SMILES string of the molecule is CC1CCCC(Nc2cccc(OCCCC#N)c2)C1C. The number of hydrogen-bond donors (Lipinski definition) is 1. The van der Waals surface area contributed by atoms with E-state index in [2.05, 4.69) is 37.4 Å². The van der Waals surface area contributed by atoms with Gasteiger partial charge in [-0.15, -0.1) is 0 Å². The van der Waals surface area contributed by atoms with E-state index >= 15 is 0 Å². The van der Waals surface area contributed by atoms with Crippen molar-refractivity contribution in [3.8, 4) is 11.8 Å². The van der Waals surface area contributed by atoms with Crippen LogP contribution in [0.4, 0.5) is 5.69 Å². The van der Waals surface area contributed by atoms with Crippen molar-refractivity contribution in [2.75, 3.05) is 11.9 Å². The van der Waals surface area contributed by atoms with Crippen molar-refractivity contribution in [3.05, 3.63) is 24.3 Å². The Bertz CT molecular complexity index is 480. The third-order valence-corrected chi connectivity index (χ3v) is 4.59. The molecule has 1 aliphatic rings. The van der Waals surface area contributed by atoms with Crippen molar-refractivity contribution in [3.63, 3.8) is 0 Å². The van der Waals surface area contributed by atoms with Gasteiger partial charge in [0.15, 0.2) is 0 Å². The number of anilines is 1. The molecule has 21 heavy (non-hydrogen) atoms. The number of rotatable bonds is 6. The Morgan fingerprint density at radius 2 is 2.19 bits per heavy atom. The molecular weight excluding hydrogens is 260 g/mol. The second-order valence-corrected chi connectivity index (χ2v) is 6.16. The lowest BCUT2D eigenvalue weighted by molar-refractivity contribution is 0.253. The lowest BCUT2D eigenvalue weighted by atomic mass is 9.78. The van der Waals surface area contributed by atoms with Gasteiger partial charge in [0.05, 0.1) is 12.7 Å². The number of ether oxygens (including phenoxy) is 1. The van der Waals surface area contributed by atoms with Crippen LogP contribution < -0.4 is 10.1 Å². The molecule has 1 aliphatic carbocycles. The average Bonchev–Trinajstić information content (AvgIpc) is 2.49. The summed E-state index contributed by atoms with van der Waals surface area (Å²) in [7, 11) is 0. The second kappa shape index (κ2) is 7.93. The quantitative estimate of drug-likeness (QED) is 0.777. The Hall–Kier alpha value is -1.69. The summed E-state index contributed by atoms with van der Waals surface area (Å²) >= 11 is 0. The molecule has 3 heteroatoms. The first-order valence-corrected chi connectivity index (χ1v) is 8.07. The van der Waals surface area contributed by atoms with Gasteiger partial charge in [0, 0.05) is 24.2 Å². The zero-order valence-corrected chi connectivity index (χ0v) is 13.1. The van der Waals surface area contributed by atoms with Crippen LogP contribution in [0.1, 0.15) is 46.0 Å². The van der Waals surface area contributed by atoms with Crippen molar-refractivity contribution in [1.82, 2.24) is 0 Å². The number of benzene rings is 1. The summed E-state index contributed by atoms with van der Waals surface area (Å²) in [6.07, 6.45) is 5.24. The first kappa shape index (κ1) is 15.7. The van der Waals surface area contributed by atoms with E-state index in [-0.39, 0.29) is 0 Å². The minimum Gasteiger partial charge on any atom is -0.493 e. The number of hydrogen-bond acceptors (Lipinski definition) is 3. The van der Waals surface area contributed by atoms with Gasteiger partial charge < -0.3 is 10.1 Å². The van der Waals surface area contributed by atoms with Crippen LogP contribution in [-0.4, -0.2) is 12.6 Å². The number of nitriles is 1. The molecule has 1 N–H and O–H groups in total. The lowest BCUT2D eigenvalue weighted by Crippen LogP contribution is -2.34. The predicted molar refractivity (Wildman–Crippen MR) is 86.4 cm³/mol. The van der Waals surface area contributed by atoms with Crippen molar-refractivity contribution in [1.29, 1.82) is 5.26 Å². The van der Waals surface area contributed by atoms with Crippen LogP contribution in [-0.2, 0) is 0 Å². The number of unbranched alkanes of at least 4 members (excludes halogenated alkanes) is 1. The van der Waals surface area contributed by atoms with E-state index in [0.717, 1.165) is 23.8 Å². The molecule has 0 bridgehead atoms. The summed E-state index contributed by atoms with van der Waals surface area (Å²) in [5.74, 6) is 2.38. The maximum atomic E-state index is 8.52. The summed E-state index contributed by atoms with van der Waals surface area (Å²) in [4.78, 5) is 0. The van der Waals surface area contributed by atoms with Gasteiger partial charge >= 0.3 is 0 Å². The maximum Gasteiger partial charge on any atom is 0.121 e.